The first kappa shape index (κ1) is 20.8. The van der Waals surface area contributed by atoms with Gasteiger partial charge >= 0.3 is 0 Å². The normalized spacial score (nSPS) is 10.8. The Bertz CT molecular complexity index is 964. The number of aryl methyl sites for hydroxylation is 1. The zero-order valence-corrected chi connectivity index (χ0v) is 19.5. The van der Waals surface area contributed by atoms with Crippen LogP contribution in [0.15, 0.2) is 71.8 Å². The highest BCUT2D eigenvalue weighted by Crippen LogP contribution is 2.29. The van der Waals surface area contributed by atoms with Crippen molar-refractivity contribution in [1.29, 1.82) is 0 Å². The average Bonchev–Trinajstić information content (AvgIpc) is 2.69. The number of hydrogen-bond donors (Lipinski definition) is 1. The van der Waals surface area contributed by atoms with Crippen LogP contribution in [-0.4, -0.2) is 12.1 Å². The van der Waals surface area contributed by atoms with Crippen LogP contribution in [0.1, 0.15) is 27.0 Å². The minimum absolute atomic E-state index is 0.237. The van der Waals surface area contributed by atoms with Crippen LogP contribution >= 0.6 is 45.2 Å². The zero-order chi connectivity index (χ0) is 19.9. The highest BCUT2D eigenvalue weighted by atomic mass is 127. The molecule has 0 radical (unpaired) electrons. The predicted octanol–water partition coefficient (Wildman–Crippen LogP) is 5.55. The number of hydrogen-bond acceptors (Lipinski definition) is 3. The Morgan fingerprint density at radius 1 is 1.04 bits per heavy atom. The minimum Gasteiger partial charge on any atom is -0.487 e. The summed E-state index contributed by atoms with van der Waals surface area (Å²) in [5.41, 5.74) is 6.38. The van der Waals surface area contributed by atoms with E-state index >= 15 is 0 Å². The molecule has 0 bridgehead atoms. The molecule has 0 heterocycles. The molecule has 0 saturated heterocycles. The van der Waals surface area contributed by atoms with Gasteiger partial charge in [-0.3, -0.25) is 4.79 Å². The number of carbonyl (C=O) groups excluding carboxylic acids is 1. The molecule has 0 aliphatic heterocycles. The third-order valence-corrected chi connectivity index (χ3v) is 5.54. The quantitative estimate of drug-likeness (QED) is 0.231. The molecule has 0 aliphatic carbocycles. The van der Waals surface area contributed by atoms with Gasteiger partial charge in [0.1, 0.15) is 12.4 Å². The number of ether oxygens (including phenoxy) is 1. The van der Waals surface area contributed by atoms with Crippen molar-refractivity contribution in [1.82, 2.24) is 5.43 Å². The predicted molar refractivity (Wildman–Crippen MR) is 129 cm³/mol. The van der Waals surface area contributed by atoms with Crippen LogP contribution in [0.25, 0.3) is 0 Å². The summed E-state index contributed by atoms with van der Waals surface area (Å²) in [5.74, 6) is 0.617. The number of hydrazone groups is 1. The first-order valence-electron chi connectivity index (χ1n) is 8.59. The van der Waals surface area contributed by atoms with Gasteiger partial charge in [0.15, 0.2) is 0 Å². The van der Waals surface area contributed by atoms with Crippen molar-refractivity contribution in [3.63, 3.8) is 0 Å². The first-order valence-corrected chi connectivity index (χ1v) is 10.7. The molecule has 142 valence electrons. The molecule has 0 aromatic heterocycles. The fraction of sp³-hybridized carbons (Fsp3) is 0.0909. The van der Waals surface area contributed by atoms with Crippen LogP contribution < -0.4 is 10.2 Å². The van der Waals surface area contributed by atoms with Gasteiger partial charge < -0.3 is 4.74 Å². The van der Waals surface area contributed by atoms with E-state index < -0.39 is 0 Å². The number of nitrogens with one attached hydrogen (secondary N) is 1. The number of amides is 1. The Kier molecular flexibility index (Phi) is 7.43. The molecule has 0 fully saturated rings. The van der Waals surface area contributed by atoms with Crippen molar-refractivity contribution >= 4 is 57.3 Å². The second-order valence-corrected chi connectivity index (χ2v) is 8.48. The number of halogens is 2. The van der Waals surface area contributed by atoms with E-state index in [2.05, 4.69) is 86.9 Å². The van der Waals surface area contributed by atoms with Gasteiger partial charge in [-0.2, -0.15) is 5.10 Å². The van der Waals surface area contributed by atoms with Gasteiger partial charge in [0.25, 0.3) is 5.91 Å². The van der Waals surface area contributed by atoms with E-state index in [0.717, 1.165) is 24.0 Å². The van der Waals surface area contributed by atoms with Crippen molar-refractivity contribution in [2.24, 2.45) is 5.10 Å². The molecule has 1 N–H and O–H groups in total. The molecule has 0 spiro atoms. The zero-order valence-electron chi connectivity index (χ0n) is 15.2. The Hall–Kier alpha value is -1.94. The molecule has 4 nitrogen and oxygen atoms in total. The highest BCUT2D eigenvalue weighted by molar-refractivity contribution is 14.1. The summed E-state index contributed by atoms with van der Waals surface area (Å²) in [6.45, 7) is 2.59. The number of rotatable bonds is 6. The lowest BCUT2D eigenvalue weighted by Gasteiger charge is -2.11. The summed E-state index contributed by atoms with van der Waals surface area (Å²) in [5, 5.41) is 4.06. The maximum Gasteiger partial charge on any atom is 0.271 e. The van der Waals surface area contributed by atoms with Crippen LogP contribution in [0, 0.1) is 14.1 Å². The maximum atomic E-state index is 12.0. The van der Waals surface area contributed by atoms with Gasteiger partial charge in [0.05, 0.1) is 13.4 Å². The summed E-state index contributed by atoms with van der Waals surface area (Å²) in [7, 11) is 0. The molecule has 3 aromatic carbocycles. The highest BCUT2D eigenvalue weighted by Gasteiger charge is 2.09. The van der Waals surface area contributed by atoms with Crippen LogP contribution in [-0.2, 0) is 6.61 Å². The lowest BCUT2D eigenvalue weighted by Crippen LogP contribution is -2.17. The second-order valence-electron chi connectivity index (χ2n) is 6.15. The summed E-state index contributed by atoms with van der Waals surface area (Å²) in [6.07, 6.45) is 1.63. The van der Waals surface area contributed by atoms with Crippen molar-refractivity contribution in [2.75, 3.05) is 0 Å². The van der Waals surface area contributed by atoms with E-state index in [4.69, 9.17) is 4.74 Å². The summed E-state index contributed by atoms with van der Waals surface area (Å²) >= 11 is 4.51. The van der Waals surface area contributed by atoms with Crippen molar-refractivity contribution in [2.45, 2.75) is 13.5 Å². The topological polar surface area (TPSA) is 50.7 Å². The number of nitrogens with zero attached hydrogens (tertiary/aromatic N) is 1. The Labute approximate surface area is 191 Å². The summed E-state index contributed by atoms with van der Waals surface area (Å²) < 4.78 is 8.01. The Morgan fingerprint density at radius 2 is 1.68 bits per heavy atom. The van der Waals surface area contributed by atoms with E-state index in [1.807, 2.05) is 30.3 Å². The molecule has 0 saturated carbocycles. The molecule has 6 heteroatoms. The minimum atomic E-state index is -0.237. The summed E-state index contributed by atoms with van der Waals surface area (Å²) in [6, 6.07) is 21.3. The lowest BCUT2D eigenvalue weighted by molar-refractivity contribution is 0.0955. The van der Waals surface area contributed by atoms with E-state index in [0.29, 0.717) is 12.2 Å². The fourth-order valence-electron chi connectivity index (χ4n) is 2.45. The van der Waals surface area contributed by atoms with Gasteiger partial charge in [0.2, 0.25) is 0 Å². The van der Waals surface area contributed by atoms with Crippen LogP contribution in [0.4, 0.5) is 0 Å². The smallest absolute Gasteiger partial charge is 0.271 e. The Morgan fingerprint density at radius 3 is 2.32 bits per heavy atom. The number of benzene rings is 3. The molecule has 28 heavy (non-hydrogen) atoms. The third kappa shape index (κ3) is 5.78. The van der Waals surface area contributed by atoms with E-state index in [-0.39, 0.29) is 5.91 Å². The second kappa shape index (κ2) is 10.0. The first-order chi connectivity index (χ1) is 13.5. The average molecular weight is 596 g/mol. The van der Waals surface area contributed by atoms with E-state index in [9.17, 15) is 4.79 Å². The third-order valence-electron chi connectivity index (χ3n) is 3.94. The molecule has 0 atom stereocenters. The largest absolute Gasteiger partial charge is 0.487 e. The van der Waals surface area contributed by atoms with Crippen molar-refractivity contribution in [3.8, 4) is 5.75 Å². The van der Waals surface area contributed by atoms with Gasteiger partial charge in [-0.05, 0) is 87.5 Å². The number of carbonyl (C=O) groups is 1. The van der Waals surface area contributed by atoms with Crippen LogP contribution in [0.3, 0.4) is 0 Å². The van der Waals surface area contributed by atoms with Crippen molar-refractivity contribution in [3.05, 3.63) is 96.1 Å². The molecule has 0 aliphatic rings. The van der Waals surface area contributed by atoms with Gasteiger partial charge in [-0.15, -0.1) is 0 Å². The van der Waals surface area contributed by atoms with Gasteiger partial charge in [-0.1, -0.05) is 48.0 Å². The van der Waals surface area contributed by atoms with Gasteiger partial charge in [0, 0.05) is 5.56 Å². The van der Waals surface area contributed by atoms with E-state index in [1.54, 1.807) is 18.3 Å². The van der Waals surface area contributed by atoms with E-state index in [1.165, 1.54) is 5.56 Å². The summed E-state index contributed by atoms with van der Waals surface area (Å²) in [4.78, 5) is 12.0. The molecular weight excluding hydrogens is 578 g/mol. The Balaban J connectivity index is 1.64. The monoisotopic (exact) mass is 596 g/mol. The molecule has 0 unspecified atom stereocenters. The molecular formula is C22H18I2N2O2. The SMILES string of the molecule is Cc1ccc(COc2c(I)cc(/C=N\NC(=O)c3ccccc3)cc2I)cc1. The molecule has 3 aromatic rings. The van der Waals surface area contributed by atoms with Gasteiger partial charge in [-0.25, -0.2) is 5.43 Å². The van der Waals surface area contributed by atoms with Crippen LogP contribution in [0.2, 0.25) is 0 Å². The lowest BCUT2D eigenvalue weighted by atomic mass is 10.2. The van der Waals surface area contributed by atoms with Crippen LogP contribution in [0.5, 0.6) is 5.75 Å². The fourth-order valence-corrected chi connectivity index (χ4v) is 4.58. The maximum absolute atomic E-state index is 12.0. The van der Waals surface area contributed by atoms with Crippen molar-refractivity contribution < 1.29 is 9.53 Å². The molecule has 1 amide bonds. The standard InChI is InChI=1S/C22H18I2N2O2/c1-15-7-9-16(10-8-15)14-28-21-19(23)11-17(12-20(21)24)13-25-26-22(27)18-5-3-2-4-6-18/h2-13H,14H2,1H3,(H,26,27)/b25-13-. The molecule has 3 rings (SSSR count).